The highest BCUT2D eigenvalue weighted by molar-refractivity contribution is 7.98. The largest absolute Gasteiger partial charge is 0.464 e. The van der Waals surface area contributed by atoms with E-state index in [4.69, 9.17) is 21.4 Å². The highest BCUT2D eigenvalue weighted by Crippen LogP contribution is 2.48. The predicted octanol–water partition coefficient (Wildman–Crippen LogP) is 7.46. The summed E-state index contributed by atoms with van der Waals surface area (Å²) < 4.78 is 6.47. The van der Waals surface area contributed by atoms with Gasteiger partial charge < -0.3 is 4.74 Å². The smallest absolute Gasteiger partial charge is 0.213 e. The second-order valence-electron chi connectivity index (χ2n) is 8.13. The van der Waals surface area contributed by atoms with E-state index in [9.17, 15) is 0 Å². The molecule has 2 unspecified atom stereocenters. The molecule has 2 atom stereocenters. The van der Waals surface area contributed by atoms with Gasteiger partial charge in [0.05, 0.1) is 11.8 Å². The van der Waals surface area contributed by atoms with Crippen LogP contribution in [0.3, 0.4) is 0 Å². The van der Waals surface area contributed by atoms with Gasteiger partial charge in [-0.2, -0.15) is 5.10 Å². The zero-order valence-corrected chi connectivity index (χ0v) is 19.1. The van der Waals surface area contributed by atoms with Gasteiger partial charge in [-0.05, 0) is 59.0 Å². The monoisotopic (exact) mass is 456 g/mol. The quantitative estimate of drug-likeness (QED) is 0.299. The summed E-state index contributed by atoms with van der Waals surface area (Å²) in [6, 6.07) is 29.5. The fourth-order valence-corrected chi connectivity index (χ4v) is 5.18. The van der Waals surface area contributed by atoms with Crippen molar-refractivity contribution in [1.29, 1.82) is 0 Å². The maximum atomic E-state index is 6.47. The van der Waals surface area contributed by atoms with Gasteiger partial charge in [0.2, 0.25) is 6.23 Å². The molecule has 0 saturated heterocycles. The van der Waals surface area contributed by atoms with Gasteiger partial charge in [0.1, 0.15) is 5.75 Å². The van der Waals surface area contributed by atoms with E-state index in [2.05, 4.69) is 78.0 Å². The van der Waals surface area contributed by atoms with Crippen LogP contribution in [0.2, 0.25) is 5.02 Å². The molecule has 6 rings (SSSR count). The molecular weight excluding hydrogens is 436 g/mol. The standard InChI is InChI=1S/C27H21ClN2OS/c1-32-22-11-8-18(9-12-22)27-30-25(23-15-21(28)10-13-26(23)31-27)16-24(29-30)20-7-6-17-4-2-3-5-19(17)14-20/h2-15,25,27H,16H2,1H3. The Labute approximate surface area is 196 Å². The summed E-state index contributed by atoms with van der Waals surface area (Å²) in [7, 11) is 0. The first-order valence-electron chi connectivity index (χ1n) is 10.6. The van der Waals surface area contributed by atoms with Crippen molar-refractivity contribution in [3.63, 3.8) is 0 Å². The van der Waals surface area contributed by atoms with E-state index in [-0.39, 0.29) is 12.3 Å². The van der Waals surface area contributed by atoms with Crippen molar-refractivity contribution in [3.05, 3.63) is 107 Å². The van der Waals surface area contributed by atoms with Crippen molar-refractivity contribution in [2.75, 3.05) is 6.26 Å². The molecule has 5 heteroatoms. The van der Waals surface area contributed by atoms with E-state index < -0.39 is 0 Å². The third kappa shape index (κ3) is 3.35. The Hall–Kier alpha value is -2.95. The average Bonchev–Trinajstić information content (AvgIpc) is 3.29. The van der Waals surface area contributed by atoms with Crippen LogP contribution < -0.4 is 4.74 Å². The molecule has 2 aliphatic heterocycles. The minimum absolute atomic E-state index is 0.0872. The van der Waals surface area contributed by atoms with Crippen LogP contribution >= 0.6 is 23.4 Å². The van der Waals surface area contributed by atoms with Crippen molar-refractivity contribution in [3.8, 4) is 5.75 Å². The number of thioether (sulfide) groups is 1. The van der Waals surface area contributed by atoms with Gasteiger partial charge in [0.15, 0.2) is 0 Å². The molecule has 0 radical (unpaired) electrons. The van der Waals surface area contributed by atoms with E-state index >= 15 is 0 Å². The highest BCUT2D eigenvalue weighted by atomic mass is 35.5. The molecule has 32 heavy (non-hydrogen) atoms. The minimum atomic E-state index is -0.275. The number of rotatable bonds is 3. The number of ether oxygens (including phenoxy) is 1. The first-order valence-corrected chi connectivity index (χ1v) is 12.2. The zero-order valence-electron chi connectivity index (χ0n) is 17.5. The Bertz CT molecular complexity index is 1350. The number of hydrogen-bond acceptors (Lipinski definition) is 4. The van der Waals surface area contributed by atoms with Gasteiger partial charge in [0, 0.05) is 27.5 Å². The molecular formula is C27H21ClN2OS. The van der Waals surface area contributed by atoms with Crippen LogP contribution in [0.15, 0.2) is 94.9 Å². The van der Waals surface area contributed by atoms with Crippen LogP contribution in [0.4, 0.5) is 0 Å². The Morgan fingerprint density at radius 1 is 0.938 bits per heavy atom. The number of hydrazone groups is 1. The molecule has 0 saturated carbocycles. The van der Waals surface area contributed by atoms with Crippen molar-refractivity contribution in [2.45, 2.75) is 23.6 Å². The summed E-state index contributed by atoms with van der Waals surface area (Å²) in [5.41, 5.74) is 4.41. The fourth-order valence-electron chi connectivity index (χ4n) is 4.59. The van der Waals surface area contributed by atoms with E-state index in [0.717, 1.165) is 34.6 Å². The lowest BCUT2D eigenvalue weighted by Crippen LogP contribution is -2.33. The van der Waals surface area contributed by atoms with Gasteiger partial charge >= 0.3 is 0 Å². The molecule has 0 amide bonds. The SMILES string of the molecule is CSc1ccc(C2Oc3ccc(Cl)cc3C3CC(c4ccc5ccccc5c4)=NN32)cc1. The Balaban J connectivity index is 1.44. The van der Waals surface area contributed by atoms with Gasteiger partial charge in [-0.1, -0.05) is 60.1 Å². The second kappa shape index (κ2) is 7.88. The normalized spacial score (nSPS) is 19.3. The molecule has 4 aromatic carbocycles. The topological polar surface area (TPSA) is 24.8 Å². The third-order valence-electron chi connectivity index (χ3n) is 6.24. The molecule has 0 fully saturated rings. The third-order valence-corrected chi connectivity index (χ3v) is 7.21. The summed E-state index contributed by atoms with van der Waals surface area (Å²) in [4.78, 5) is 1.23. The molecule has 2 aliphatic rings. The van der Waals surface area contributed by atoms with E-state index in [1.54, 1.807) is 11.8 Å². The molecule has 158 valence electrons. The molecule has 0 spiro atoms. The lowest BCUT2D eigenvalue weighted by Gasteiger charge is -2.38. The molecule has 4 aromatic rings. The Morgan fingerprint density at radius 2 is 1.75 bits per heavy atom. The van der Waals surface area contributed by atoms with Crippen LogP contribution in [-0.4, -0.2) is 17.0 Å². The number of benzene rings is 4. The molecule has 0 N–H and O–H groups in total. The van der Waals surface area contributed by atoms with Crippen LogP contribution in [0.1, 0.15) is 35.4 Å². The molecule has 3 nitrogen and oxygen atoms in total. The second-order valence-corrected chi connectivity index (χ2v) is 9.45. The maximum absolute atomic E-state index is 6.47. The summed E-state index contributed by atoms with van der Waals surface area (Å²) in [6.07, 6.45) is 2.62. The fraction of sp³-hybridized carbons (Fsp3) is 0.148. The van der Waals surface area contributed by atoms with Crippen LogP contribution in [0, 0.1) is 0 Å². The van der Waals surface area contributed by atoms with Crippen LogP contribution in [-0.2, 0) is 0 Å². The Morgan fingerprint density at radius 3 is 2.56 bits per heavy atom. The zero-order chi connectivity index (χ0) is 21.7. The molecule has 2 heterocycles. The van der Waals surface area contributed by atoms with Crippen LogP contribution in [0.25, 0.3) is 10.8 Å². The van der Waals surface area contributed by atoms with Crippen molar-refractivity contribution in [1.82, 2.24) is 5.01 Å². The predicted molar refractivity (Wildman–Crippen MR) is 133 cm³/mol. The molecule has 0 aromatic heterocycles. The highest BCUT2D eigenvalue weighted by Gasteiger charge is 2.41. The van der Waals surface area contributed by atoms with Crippen molar-refractivity contribution >= 4 is 39.8 Å². The molecule has 0 aliphatic carbocycles. The minimum Gasteiger partial charge on any atom is -0.464 e. The van der Waals surface area contributed by atoms with Gasteiger partial charge in [-0.15, -0.1) is 11.8 Å². The van der Waals surface area contributed by atoms with E-state index in [1.807, 2.05) is 18.2 Å². The summed E-state index contributed by atoms with van der Waals surface area (Å²) >= 11 is 8.09. The Kier molecular flexibility index (Phi) is 4.85. The average molecular weight is 457 g/mol. The lowest BCUT2D eigenvalue weighted by molar-refractivity contribution is -0.0190. The van der Waals surface area contributed by atoms with Gasteiger partial charge in [-0.3, -0.25) is 0 Å². The van der Waals surface area contributed by atoms with Crippen molar-refractivity contribution in [2.24, 2.45) is 5.10 Å². The number of hydrogen-bond donors (Lipinski definition) is 0. The number of halogens is 1. The summed E-state index contributed by atoms with van der Waals surface area (Å²) in [5, 5.41) is 10.4. The summed E-state index contributed by atoms with van der Waals surface area (Å²) in [5.74, 6) is 0.879. The molecule has 0 bridgehead atoms. The lowest BCUT2D eigenvalue weighted by atomic mass is 9.95. The first-order chi connectivity index (χ1) is 15.7. The van der Waals surface area contributed by atoms with Crippen LogP contribution in [0.5, 0.6) is 5.75 Å². The van der Waals surface area contributed by atoms with E-state index in [1.165, 1.54) is 15.7 Å². The van der Waals surface area contributed by atoms with Gasteiger partial charge in [-0.25, -0.2) is 5.01 Å². The number of nitrogens with zero attached hydrogens (tertiary/aromatic N) is 2. The van der Waals surface area contributed by atoms with Crippen molar-refractivity contribution < 1.29 is 4.74 Å². The van der Waals surface area contributed by atoms with Gasteiger partial charge in [0.25, 0.3) is 0 Å². The maximum Gasteiger partial charge on any atom is 0.213 e. The summed E-state index contributed by atoms with van der Waals surface area (Å²) in [6.45, 7) is 0. The number of fused-ring (bicyclic) bond motifs is 4. The first kappa shape index (κ1) is 19.7. The van der Waals surface area contributed by atoms with E-state index in [0.29, 0.717) is 5.02 Å².